The molecular weight excluding hydrogens is 210 g/mol. The summed E-state index contributed by atoms with van der Waals surface area (Å²) < 4.78 is 9.82. The molecule has 0 N–H and O–H groups in total. The Hall–Kier alpha value is -1.36. The molecule has 5 heteroatoms. The largest absolute Gasteiger partial charge is 0.435 e. The maximum Gasteiger partial charge on any atom is 0.335 e. The number of rotatable bonds is 6. The summed E-state index contributed by atoms with van der Waals surface area (Å²) in [5.74, 6) is -0.292. The van der Waals surface area contributed by atoms with Gasteiger partial charge >= 0.3 is 5.97 Å². The van der Waals surface area contributed by atoms with Crippen molar-refractivity contribution in [2.24, 2.45) is 0 Å². The standard InChI is InChI=1S/C11H17NO4/c1-9(2)11(14)16-8-15-7-6-12-5-3-4-10(12)13/h1,3-8H2,2H3. The first-order valence-corrected chi connectivity index (χ1v) is 5.29. The first-order valence-electron chi connectivity index (χ1n) is 5.29. The van der Waals surface area contributed by atoms with Gasteiger partial charge in [0.05, 0.1) is 6.61 Å². The van der Waals surface area contributed by atoms with Crippen molar-refractivity contribution in [2.75, 3.05) is 26.5 Å². The minimum Gasteiger partial charge on any atom is -0.435 e. The fraction of sp³-hybridized carbons (Fsp3) is 0.636. The van der Waals surface area contributed by atoms with Gasteiger partial charge in [-0.15, -0.1) is 0 Å². The minimum atomic E-state index is -0.461. The number of hydrogen-bond donors (Lipinski definition) is 0. The number of ether oxygens (including phenoxy) is 2. The molecule has 1 aliphatic rings. The molecular formula is C11H17NO4. The van der Waals surface area contributed by atoms with Crippen LogP contribution >= 0.6 is 0 Å². The summed E-state index contributed by atoms with van der Waals surface area (Å²) in [6, 6.07) is 0. The van der Waals surface area contributed by atoms with Crippen molar-refractivity contribution in [3.8, 4) is 0 Å². The predicted molar refractivity (Wildman–Crippen MR) is 57.5 cm³/mol. The zero-order chi connectivity index (χ0) is 12.0. The Labute approximate surface area is 95.0 Å². The van der Waals surface area contributed by atoms with Crippen LogP contribution in [0.1, 0.15) is 19.8 Å². The van der Waals surface area contributed by atoms with E-state index in [9.17, 15) is 9.59 Å². The molecule has 1 rings (SSSR count). The molecule has 0 unspecified atom stereocenters. The molecule has 0 radical (unpaired) electrons. The highest BCUT2D eigenvalue weighted by Gasteiger charge is 2.19. The van der Waals surface area contributed by atoms with Gasteiger partial charge in [-0.1, -0.05) is 6.58 Å². The summed E-state index contributed by atoms with van der Waals surface area (Å²) in [6.45, 7) is 6.67. The molecule has 1 aliphatic heterocycles. The van der Waals surface area contributed by atoms with Crippen molar-refractivity contribution in [2.45, 2.75) is 19.8 Å². The highest BCUT2D eigenvalue weighted by atomic mass is 16.7. The lowest BCUT2D eigenvalue weighted by atomic mass is 10.4. The number of nitrogens with zero attached hydrogens (tertiary/aromatic N) is 1. The quantitative estimate of drug-likeness (QED) is 0.290. The van der Waals surface area contributed by atoms with Crippen molar-refractivity contribution in [3.05, 3.63) is 12.2 Å². The van der Waals surface area contributed by atoms with Crippen molar-refractivity contribution in [1.29, 1.82) is 0 Å². The third-order valence-corrected chi connectivity index (χ3v) is 2.30. The highest BCUT2D eigenvalue weighted by Crippen LogP contribution is 2.08. The van der Waals surface area contributed by atoms with Crippen LogP contribution in [-0.4, -0.2) is 43.3 Å². The van der Waals surface area contributed by atoms with Gasteiger partial charge in [0.25, 0.3) is 0 Å². The van der Waals surface area contributed by atoms with Crippen molar-refractivity contribution in [1.82, 2.24) is 4.90 Å². The van der Waals surface area contributed by atoms with Gasteiger partial charge in [0.2, 0.25) is 5.91 Å². The molecule has 1 fully saturated rings. The summed E-state index contributed by atoms with van der Waals surface area (Å²) in [7, 11) is 0. The average Bonchev–Trinajstić information content (AvgIpc) is 2.63. The van der Waals surface area contributed by atoms with E-state index in [1.807, 2.05) is 0 Å². The normalized spacial score (nSPS) is 15.3. The third kappa shape index (κ3) is 4.02. The summed E-state index contributed by atoms with van der Waals surface area (Å²) in [5, 5.41) is 0. The van der Waals surface area contributed by atoms with Crippen LogP contribution in [0, 0.1) is 0 Å². The second kappa shape index (κ2) is 6.27. The van der Waals surface area contributed by atoms with Crippen molar-refractivity contribution in [3.63, 3.8) is 0 Å². The number of carbonyl (C=O) groups excluding carboxylic acids is 2. The van der Waals surface area contributed by atoms with E-state index in [1.54, 1.807) is 11.8 Å². The lowest BCUT2D eigenvalue weighted by molar-refractivity contribution is -0.152. The third-order valence-electron chi connectivity index (χ3n) is 2.30. The molecule has 0 atom stereocenters. The van der Waals surface area contributed by atoms with E-state index in [2.05, 4.69) is 6.58 Å². The fourth-order valence-electron chi connectivity index (χ4n) is 1.39. The topological polar surface area (TPSA) is 55.8 Å². The Morgan fingerprint density at radius 3 is 2.88 bits per heavy atom. The summed E-state index contributed by atoms with van der Waals surface area (Å²) >= 11 is 0. The van der Waals surface area contributed by atoms with E-state index in [-0.39, 0.29) is 12.7 Å². The van der Waals surface area contributed by atoms with Crippen LogP contribution in [0.15, 0.2) is 12.2 Å². The number of hydrogen-bond acceptors (Lipinski definition) is 4. The minimum absolute atomic E-state index is 0.0896. The van der Waals surface area contributed by atoms with E-state index < -0.39 is 5.97 Å². The first-order chi connectivity index (χ1) is 7.61. The van der Waals surface area contributed by atoms with E-state index in [1.165, 1.54) is 0 Å². The molecule has 0 saturated carbocycles. The fourth-order valence-corrected chi connectivity index (χ4v) is 1.39. The summed E-state index contributed by atoms with van der Waals surface area (Å²) in [5.41, 5.74) is 0.346. The Bertz CT molecular complexity index is 288. The molecule has 16 heavy (non-hydrogen) atoms. The van der Waals surface area contributed by atoms with Gasteiger partial charge in [-0.3, -0.25) is 4.79 Å². The van der Waals surface area contributed by atoms with Gasteiger partial charge in [0.1, 0.15) is 0 Å². The van der Waals surface area contributed by atoms with E-state index in [0.29, 0.717) is 25.1 Å². The molecule has 0 aromatic carbocycles. The van der Waals surface area contributed by atoms with Gasteiger partial charge in [0, 0.05) is 25.1 Å². The maximum absolute atomic E-state index is 11.2. The van der Waals surface area contributed by atoms with Crippen molar-refractivity contribution < 1.29 is 19.1 Å². The maximum atomic E-state index is 11.2. The Morgan fingerprint density at radius 1 is 1.56 bits per heavy atom. The monoisotopic (exact) mass is 227 g/mol. The highest BCUT2D eigenvalue weighted by molar-refractivity contribution is 5.86. The summed E-state index contributed by atoms with van der Waals surface area (Å²) in [6.07, 6.45) is 1.55. The predicted octanol–water partition coefficient (Wildman–Crippen LogP) is 0.702. The zero-order valence-electron chi connectivity index (χ0n) is 9.53. The second-order valence-electron chi connectivity index (χ2n) is 3.72. The lowest BCUT2D eigenvalue weighted by Gasteiger charge is -2.15. The Balaban J connectivity index is 2.02. The van der Waals surface area contributed by atoms with Gasteiger partial charge in [-0.2, -0.15) is 0 Å². The number of carbonyl (C=O) groups is 2. The molecule has 0 aromatic rings. The first kappa shape index (κ1) is 12.7. The van der Waals surface area contributed by atoms with Crippen LogP contribution < -0.4 is 0 Å². The van der Waals surface area contributed by atoms with Gasteiger partial charge in [-0.25, -0.2) is 4.79 Å². The Morgan fingerprint density at radius 2 is 2.31 bits per heavy atom. The van der Waals surface area contributed by atoms with Crippen LogP contribution in [-0.2, 0) is 19.1 Å². The average molecular weight is 227 g/mol. The number of likely N-dealkylation sites (tertiary alicyclic amines) is 1. The smallest absolute Gasteiger partial charge is 0.335 e. The summed E-state index contributed by atoms with van der Waals surface area (Å²) in [4.78, 5) is 23.9. The zero-order valence-corrected chi connectivity index (χ0v) is 9.53. The van der Waals surface area contributed by atoms with Crippen LogP contribution in [0.3, 0.4) is 0 Å². The molecule has 0 bridgehead atoms. The lowest BCUT2D eigenvalue weighted by Crippen LogP contribution is -2.28. The van der Waals surface area contributed by atoms with Crippen LogP contribution in [0.5, 0.6) is 0 Å². The second-order valence-corrected chi connectivity index (χ2v) is 3.72. The van der Waals surface area contributed by atoms with Gasteiger partial charge < -0.3 is 14.4 Å². The molecule has 90 valence electrons. The molecule has 0 spiro atoms. The van der Waals surface area contributed by atoms with Gasteiger partial charge in [-0.05, 0) is 13.3 Å². The van der Waals surface area contributed by atoms with E-state index >= 15 is 0 Å². The van der Waals surface area contributed by atoms with E-state index in [0.717, 1.165) is 13.0 Å². The Kier molecular flexibility index (Phi) is 4.98. The van der Waals surface area contributed by atoms with Crippen LogP contribution in [0.25, 0.3) is 0 Å². The van der Waals surface area contributed by atoms with Crippen molar-refractivity contribution >= 4 is 11.9 Å². The van der Waals surface area contributed by atoms with E-state index in [4.69, 9.17) is 9.47 Å². The van der Waals surface area contributed by atoms with Crippen LogP contribution in [0.2, 0.25) is 0 Å². The molecule has 0 aromatic heterocycles. The molecule has 1 amide bonds. The molecule has 1 heterocycles. The number of amides is 1. The molecule has 0 aliphatic carbocycles. The molecule has 5 nitrogen and oxygen atoms in total. The molecule has 1 saturated heterocycles. The van der Waals surface area contributed by atoms with Gasteiger partial charge in [0.15, 0.2) is 6.79 Å². The number of esters is 1. The van der Waals surface area contributed by atoms with Crippen LogP contribution in [0.4, 0.5) is 0 Å². The SMILES string of the molecule is C=C(C)C(=O)OCOCCN1CCCC1=O.